The minimum Gasteiger partial charge on any atom is -0.480 e. The first-order valence-electron chi connectivity index (χ1n) is 12.2. The predicted molar refractivity (Wildman–Crippen MR) is 154 cm³/mol. The van der Waals surface area contributed by atoms with Gasteiger partial charge in [0.1, 0.15) is 6.04 Å². The smallest absolute Gasteiger partial charge is 0.338 e. The van der Waals surface area contributed by atoms with E-state index in [-0.39, 0.29) is 30.2 Å². The summed E-state index contributed by atoms with van der Waals surface area (Å²) in [6, 6.07) is 23.3. The van der Waals surface area contributed by atoms with E-state index in [2.05, 4.69) is 0 Å². The number of thiophene rings is 1. The van der Waals surface area contributed by atoms with E-state index in [0.717, 1.165) is 15.3 Å². The maximum absolute atomic E-state index is 13.8. The molecule has 0 saturated carbocycles. The number of carbonyl (C=O) groups is 3. The molecule has 4 rings (SSSR count). The lowest BCUT2D eigenvalue weighted by Gasteiger charge is -2.29. The third-order valence-electron chi connectivity index (χ3n) is 6.03. The predicted octanol–water partition coefficient (Wildman–Crippen LogP) is 7.24. The molecule has 9 heteroatoms. The van der Waals surface area contributed by atoms with Crippen LogP contribution in [0.1, 0.15) is 38.1 Å². The van der Waals surface area contributed by atoms with Gasteiger partial charge in [0, 0.05) is 26.8 Å². The summed E-state index contributed by atoms with van der Waals surface area (Å²) in [6.07, 6.45) is 0.108. The van der Waals surface area contributed by atoms with Gasteiger partial charge in [-0.1, -0.05) is 71.7 Å². The largest absolute Gasteiger partial charge is 0.480 e. The molecule has 1 amide bonds. The van der Waals surface area contributed by atoms with Crippen molar-refractivity contribution in [1.29, 1.82) is 0 Å². The van der Waals surface area contributed by atoms with Gasteiger partial charge in [0.05, 0.1) is 29.3 Å². The van der Waals surface area contributed by atoms with Crippen LogP contribution in [0, 0.1) is 0 Å². The maximum atomic E-state index is 13.8. The summed E-state index contributed by atoms with van der Waals surface area (Å²) < 4.78 is 5.20. The lowest BCUT2D eigenvalue weighted by molar-refractivity contribution is -0.142. The molecule has 0 spiro atoms. The number of halogens is 2. The Balaban J connectivity index is 1.71. The van der Waals surface area contributed by atoms with Crippen LogP contribution in [0.2, 0.25) is 10.0 Å². The maximum Gasteiger partial charge on any atom is 0.338 e. The molecule has 3 aromatic carbocycles. The first kappa shape index (κ1) is 28.4. The zero-order chi connectivity index (χ0) is 27.9. The van der Waals surface area contributed by atoms with Crippen molar-refractivity contribution < 1.29 is 24.2 Å². The second kappa shape index (κ2) is 12.9. The van der Waals surface area contributed by atoms with Crippen LogP contribution in [0.4, 0.5) is 0 Å². The number of rotatable bonds is 10. The Bertz CT molecular complexity index is 1490. The van der Waals surface area contributed by atoms with Gasteiger partial charge in [0.25, 0.3) is 5.91 Å². The number of ether oxygens (including phenoxy) is 1. The van der Waals surface area contributed by atoms with E-state index in [0.29, 0.717) is 16.1 Å². The summed E-state index contributed by atoms with van der Waals surface area (Å²) in [5.74, 6) is -2.09. The molecule has 4 aromatic rings. The van der Waals surface area contributed by atoms with Crippen LogP contribution in [-0.4, -0.2) is 40.5 Å². The molecule has 0 aliphatic carbocycles. The molecule has 1 aromatic heterocycles. The Morgan fingerprint density at radius 1 is 0.923 bits per heavy atom. The number of esters is 1. The Kier molecular flexibility index (Phi) is 9.41. The number of carbonyl (C=O) groups excluding carboxylic acids is 2. The van der Waals surface area contributed by atoms with Crippen molar-refractivity contribution in [3.63, 3.8) is 0 Å². The normalized spacial score (nSPS) is 11.6. The van der Waals surface area contributed by atoms with Crippen LogP contribution < -0.4 is 0 Å². The average Bonchev–Trinajstić information content (AvgIpc) is 3.39. The molecule has 1 unspecified atom stereocenters. The number of carboxylic acid groups (broad SMARTS) is 1. The fourth-order valence-electron chi connectivity index (χ4n) is 4.17. The first-order chi connectivity index (χ1) is 18.8. The SMILES string of the molecule is CCOC(=O)c1ccccc1-c1ccc(CN(C(=O)c2ccc(Cl)cc2Cl)C(Cc2ccccc2)C(=O)O)s1. The second-order valence-electron chi connectivity index (χ2n) is 8.63. The molecule has 0 saturated heterocycles. The van der Waals surface area contributed by atoms with Crippen LogP contribution in [0.3, 0.4) is 0 Å². The van der Waals surface area contributed by atoms with Crippen LogP contribution in [-0.2, 0) is 22.5 Å². The van der Waals surface area contributed by atoms with Crippen molar-refractivity contribution in [2.75, 3.05) is 6.61 Å². The van der Waals surface area contributed by atoms with Gasteiger partial charge in [-0.25, -0.2) is 9.59 Å². The quantitative estimate of drug-likeness (QED) is 0.199. The van der Waals surface area contributed by atoms with Crippen molar-refractivity contribution in [3.05, 3.63) is 117 Å². The number of carboxylic acids is 1. The van der Waals surface area contributed by atoms with E-state index in [1.165, 1.54) is 28.4 Å². The summed E-state index contributed by atoms with van der Waals surface area (Å²) >= 11 is 13.8. The Morgan fingerprint density at radius 3 is 2.33 bits per heavy atom. The number of hydrogen-bond acceptors (Lipinski definition) is 5. The molecule has 1 atom stereocenters. The summed E-state index contributed by atoms with van der Waals surface area (Å²) in [5.41, 5.74) is 2.07. The molecule has 39 heavy (non-hydrogen) atoms. The van der Waals surface area contributed by atoms with E-state index in [9.17, 15) is 19.5 Å². The summed E-state index contributed by atoms with van der Waals surface area (Å²) in [5, 5.41) is 10.7. The van der Waals surface area contributed by atoms with Crippen molar-refractivity contribution in [2.24, 2.45) is 0 Å². The fourth-order valence-corrected chi connectivity index (χ4v) is 5.71. The zero-order valence-corrected chi connectivity index (χ0v) is 23.3. The topological polar surface area (TPSA) is 83.9 Å². The molecule has 0 aliphatic heterocycles. The number of hydrogen-bond donors (Lipinski definition) is 1. The summed E-state index contributed by atoms with van der Waals surface area (Å²) in [7, 11) is 0. The molecule has 0 fully saturated rings. The van der Waals surface area contributed by atoms with Gasteiger partial charge in [-0.05, 0) is 48.9 Å². The molecule has 0 radical (unpaired) electrons. The van der Waals surface area contributed by atoms with Crippen molar-refractivity contribution in [3.8, 4) is 10.4 Å². The van der Waals surface area contributed by atoms with Crippen molar-refractivity contribution >= 4 is 52.4 Å². The van der Waals surface area contributed by atoms with Gasteiger partial charge in [-0.15, -0.1) is 11.3 Å². The Morgan fingerprint density at radius 2 is 1.64 bits per heavy atom. The highest BCUT2D eigenvalue weighted by Crippen LogP contribution is 2.33. The first-order valence-corrected chi connectivity index (χ1v) is 13.7. The fraction of sp³-hybridized carbons (Fsp3) is 0.167. The van der Waals surface area contributed by atoms with E-state index in [4.69, 9.17) is 27.9 Å². The molecule has 1 heterocycles. The van der Waals surface area contributed by atoms with Crippen LogP contribution in [0.15, 0.2) is 84.9 Å². The third kappa shape index (κ3) is 6.87. The van der Waals surface area contributed by atoms with Gasteiger partial charge < -0.3 is 14.7 Å². The molecule has 200 valence electrons. The van der Waals surface area contributed by atoms with Gasteiger partial charge in [0.15, 0.2) is 0 Å². The lowest BCUT2D eigenvalue weighted by atomic mass is 10.0. The molecule has 0 aliphatic rings. The van der Waals surface area contributed by atoms with Gasteiger partial charge in [-0.3, -0.25) is 4.79 Å². The van der Waals surface area contributed by atoms with Crippen LogP contribution in [0.25, 0.3) is 10.4 Å². The highest BCUT2D eigenvalue weighted by atomic mass is 35.5. The lowest BCUT2D eigenvalue weighted by Crippen LogP contribution is -2.46. The highest BCUT2D eigenvalue weighted by Gasteiger charge is 2.32. The third-order valence-corrected chi connectivity index (χ3v) is 7.68. The standard InChI is InChI=1S/C30H25Cl2NO5S/c1-2-38-30(37)23-11-7-6-10-22(23)27-15-13-21(39-27)18-33(28(34)24-14-12-20(31)17-25(24)32)26(29(35)36)16-19-8-4-3-5-9-19/h3-15,17,26H,2,16,18H2,1H3,(H,35,36). The van der Waals surface area contributed by atoms with E-state index >= 15 is 0 Å². The summed E-state index contributed by atoms with van der Waals surface area (Å²) in [6.45, 7) is 2.02. The number of benzene rings is 3. The summed E-state index contributed by atoms with van der Waals surface area (Å²) in [4.78, 5) is 41.7. The van der Waals surface area contributed by atoms with Gasteiger partial charge >= 0.3 is 11.9 Å². The Hall–Kier alpha value is -3.65. The molecule has 6 nitrogen and oxygen atoms in total. The molecular weight excluding hydrogens is 557 g/mol. The van der Waals surface area contributed by atoms with E-state index < -0.39 is 23.9 Å². The molecule has 1 N–H and O–H groups in total. The molecule has 0 bridgehead atoms. The number of amides is 1. The van der Waals surface area contributed by atoms with E-state index in [1.807, 2.05) is 54.6 Å². The molecular formula is C30H25Cl2NO5S. The van der Waals surface area contributed by atoms with Crippen molar-refractivity contribution in [2.45, 2.75) is 25.9 Å². The van der Waals surface area contributed by atoms with Gasteiger partial charge in [-0.2, -0.15) is 0 Å². The van der Waals surface area contributed by atoms with Crippen molar-refractivity contribution in [1.82, 2.24) is 4.90 Å². The monoisotopic (exact) mass is 581 g/mol. The average molecular weight is 583 g/mol. The van der Waals surface area contributed by atoms with Gasteiger partial charge in [0.2, 0.25) is 0 Å². The minimum atomic E-state index is -1.16. The Labute approximate surface area is 240 Å². The highest BCUT2D eigenvalue weighted by molar-refractivity contribution is 7.15. The minimum absolute atomic E-state index is 0.0217. The number of nitrogens with zero attached hydrogens (tertiary/aromatic N) is 1. The van der Waals surface area contributed by atoms with Crippen LogP contribution in [0.5, 0.6) is 0 Å². The van der Waals surface area contributed by atoms with E-state index in [1.54, 1.807) is 25.1 Å². The second-order valence-corrected chi connectivity index (χ2v) is 10.6. The zero-order valence-electron chi connectivity index (χ0n) is 21.0. The van der Waals surface area contributed by atoms with Crippen LogP contribution >= 0.6 is 34.5 Å². The number of aliphatic carboxylic acids is 1.